The molecule has 1 heterocycles. The third-order valence-electron chi connectivity index (χ3n) is 4.30. The maximum absolute atomic E-state index is 11.7. The molecule has 1 aliphatic heterocycles. The van der Waals surface area contributed by atoms with E-state index in [1.165, 1.54) is 0 Å². The first kappa shape index (κ1) is 10.1. The Kier molecular flexibility index (Phi) is 1.74. The second-order valence-corrected chi connectivity index (χ2v) is 6.29. The standard InChI is InChI=1S/C10H13BrO3/c1-8(2)9(3)4-5-10(8,11)7(13)14-6(9)12/h4-5H2,1-3H3/t9?,10-/m1/s1. The van der Waals surface area contributed by atoms with E-state index in [1.807, 2.05) is 20.8 Å². The average Bonchev–Trinajstić information content (AvgIpc) is 2.21. The van der Waals surface area contributed by atoms with Gasteiger partial charge in [-0.15, -0.1) is 0 Å². The van der Waals surface area contributed by atoms with Gasteiger partial charge >= 0.3 is 11.9 Å². The number of alkyl halides is 1. The predicted octanol–water partition coefficient (Wildman–Crippen LogP) is 2.03. The summed E-state index contributed by atoms with van der Waals surface area (Å²) in [5.41, 5.74) is -0.920. The molecule has 14 heavy (non-hydrogen) atoms. The summed E-state index contributed by atoms with van der Waals surface area (Å²) in [5.74, 6) is -0.803. The minimum atomic E-state index is -0.678. The van der Waals surface area contributed by atoms with Gasteiger partial charge in [0.2, 0.25) is 0 Å². The van der Waals surface area contributed by atoms with Crippen LogP contribution < -0.4 is 0 Å². The molecule has 0 aromatic rings. The van der Waals surface area contributed by atoms with Crippen molar-refractivity contribution in [2.45, 2.75) is 37.9 Å². The van der Waals surface area contributed by atoms with Crippen LogP contribution in [0.1, 0.15) is 33.6 Å². The fourth-order valence-electron chi connectivity index (χ4n) is 2.48. The van der Waals surface area contributed by atoms with Crippen molar-refractivity contribution < 1.29 is 14.3 Å². The molecule has 3 nitrogen and oxygen atoms in total. The summed E-state index contributed by atoms with van der Waals surface area (Å²) in [6, 6.07) is 0. The molecular formula is C10H13BrO3. The van der Waals surface area contributed by atoms with Crippen molar-refractivity contribution >= 4 is 27.9 Å². The number of rotatable bonds is 0. The number of fused-ring (bicyclic) bond motifs is 2. The van der Waals surface area contributed by atoms with Crippen molar-refractivity contribution in [3.8, 4) is 0 Å². The highest BCUT2D eigenvalue weighted by Gasteiger charge is 2.71. The van der Waals surface area contributed by atoms with E-state index < -0.39 is 15.7 Å². The minimum absolute atomic E-state index is 0.375. The van der Waals surface area contributed by atoms with Gasteiger partial charge in [0.1, 0.15) is 4.32 Å². The Labute approximate surface area is 91.3 Å². The Morgan fingerprint density at radius 1 is 1.14 bits per heavy atom. The highest BCUT2D eigenvalue weighted by Crippen LogP contribution is 2.64. The van der Waals surface area contributed by atoms with E-state index in [-0.39, 0.29) is 11.4 Å². The molecule has 2 rings (SSSR count). The van der Waals surface area contributed by atoms with Gasteiger partial charge in [0.05, 0.1) is 5.41 Å². The lowest BCUT2D eigenvalue weighted by molar-refractivity contribution is -0.182. The van der Waals surface area contributed by atoms with Gasteiger partial charge < -0.3 is 4.74 Å². The molecule has 1 saturated carbocycles. The quantitative estimate of drug-likeness (QED) is 0.380. The molecule has 0 amide bonds. The van der Waals surface area contributed by atoms with Crippen LogP contribution in [0.5, 0.6) is 0 Å². The first-order chi connectivity index (χ1) is 6.26. The number of ether oxygens (including phenoxy) is 1. The highest BCUT2D eigenvalue weighted by molar-refractivity contribution is 9.10. The third-order valence-corrected chi connectivity index (χ3v) is 6.01. The van der Waals surface area contributed by atoms with Crippen LogP contribution in [0.3, 0.4) is 0 Å². The largest absolute Gasteiger partial charge is 0.392 e. The lowest BCUT2D eigenvalue weighted by Gasteiger charge is -2.46. The number of cyclic esters (lactones) is 2. The molecule has 2 atom stereocenters. The zero-order valence-corrected chi connectivity index (χ0v) is 10.1. The summed E-state index contributed by atoms with van der Waals surface area (Å²) < 4.78 is 4.11. The van der Waals surface area contributed by atoms with E-state index in [1.54, 1.807) is 0 Å². The van der Waals surface area contributed by atoms with E-state index in [4.69, 9.17) is 4.74 Å². The molecule has 0 aromatic heterocycles. The molecule has 1 aliphatic carbocycles. The average molecular weight is 261 g/mol. The molecule has 0 spiro atoms. The molecule has 0 N–H and O–H groups in total. The molecule has 1 unspecified atom stereocenters. The zero-order valence-electron chi connectivity index (χ0n) is 8.52. The summed E-state index contributed by atoms with van der Waals surface area (Å²) in [6.45, 7) is 5.78. The Morgan fingerprint density at radius 2 is 1.71 bits per heavy atom. The number of halogens is 1. The SMILES string of the molecule is CC12CC[C@@](Br)(C(=O)OC1=O)C2(C)C. The zero-order chi connectivity index (χ0) is 10.8. The van der Waals surface area contributed by atoms with Gasteiger partial charge in [-0.1, -0.05) is 29.8 Å². The van der Waals surface area contributed by atoms with Crippen LogP contribution in [0.2, 0.25) is 0 Å². The van der Waals surface area contributed by atoms with Gasteiger partial charge in [-0.2, -0.15) is 0 Å². The number of hydrogen-bond donors (Lipinski definition) is 0. The van der Waals surface area contributed by atoms with Crippen LogP contribution in [0.15, 0.2) is 0 Å². The Hall–Kier alpha value is -0.380. The van der Waals surface area contributed by atoms with E-state index >= 15 is 0 Å². The van der Waals surface area contributed by atoms with E-state index in [9.17, 15) is 9.59 Å². The molecule has 2 bridgehead atoms. The lowest BCUT2D eigenvalue weighted by atomic mass is 9.64. The van der Waals surface area contributed by atoms with Crippen molar-refractivity contribution in [2.24, 2.45) is 10.8 Å². The van der Waals surface area contributed by atoms with Gasteiger partial charge in [0.15, 0.2) is 0 Å². The molecule has 2 fully saturated rings. The van der Waals surface area contributed by atoms with Gasteiger partial charge in [-0.05, 0) is 19.8 Å². The normalized spacial score (nSPS) is 45.1. The summed E-state index contributed by atoms with van der Waals surface area (Å²) in [4.78, 5) is 23.3. The fraction of sp³-hybridized carbons (Fsp3) is 0.800. The molecule has 2 aliphatic rings. The van der Waals surface area contributed by atoms with Gasteiger partial charge in [-0.3, -0.25) is 9.59 Å². The summed E-state index contributed by atoms with van der Waals surface area (Å²) in [7, 11) is 0. The second kappa shape index (κ2) is 2.40. The Bertz CT molecular complexity index is 306. The number of carbonyl (C=O) groups excluding carboxylic acids is 2. The monoisotopic (exact) mass is 260 g/mol. The minimum Gasteiger partial charge on any atom is -0.392 e. The highest BCUT2D eigenvalue weighted by atomic mass is 79.9. The maximum atomic E-state index is 11.7. The van der Waals surface area contributed by atoms with Crippen LogP contribution >= 0.6 is 15.9 Å². The molecule has 1 saturated heterocycles. The Morgan fingerprint density at radius 3 is 2.29 bits per heavy atom. The van der Waals surface area contributed by atoms with Crippen LogP contribution in [0.25, 0.3) is 0 Å². The van der Waals surface area contributed by atoms with Crippen molar-refractivity contribution in [1.82, 2.24) is 0 Å². The van der Waals surface area contributed by atoms with Crippen molar-refractivity contribution in [3.05, 3.63) is 0 Å². The van der Waals surface area contributed by atoms with Gasteiger partial charge in [0.25, 0.3) is 0 Å². The van der Waals surface area contributed by atoms with Crippen LogP contribution in [-0.4, -0.2) is 16.3 Å². The first-order valence-corrected chi connectivity index (χ1v) is 5.51. The smallest absolute Gasteiger partial charge is 0.331 e. The lowest BCUT2D eigenvalue weighted by Crippen LogP contribution is -2.57. The predicted molar refractivity (Wildman–Crippen MR) is 53.9 cm³/mol. The fourth-order valence-corrected chi connectivity index (χ4v) is 3.19. The maximum Gasteiger partial charge on any atom is 0.331 e. The first-order valence-electron chi connectivity index (χ1n) is 4.71. The third kappa shape index (κ3) is 0.794. The van der Waals surface area contributed by atoms with E-state index in [0.29, 0.717) is 12.8 Å². The molecule has 0 radical (unpaired) electrons. The molecule has 0 aromatic carbocycles. The molecule has 4 heteroatoms. The number of hydrogen-bond acceptors (Lipinski definition) is 3. The molecular weight excluding hydrogens is 248 g/mol. The topological polar surface area (TPSA) is 43.4 Å². The number of carbonyl (C=O) groups is 2. The van der Waals surface area contributed by atoms with Crippen molar-refractivity contribution in [2.75, 3.05) is 0 Å². The van der Waals surface area contributed by atoms with Crippen LogP contribution in [0, 0.1) is 10.8 Å². The second-order valence-electron chi connectivity index (χ2n) is 4.94. The molecule has 78 valence electrons. The Balaban J connectivity index is 2.61. The summed E-state index contributed by atoms with van der Waals surface area (Å²) in [5, 5.41) is 0. The number of esters is 2. The van der Waals surface area contributed by atoms with E-state index in [2.05, 4.69) is 15.9 Å². The van der Waals surface area contributed by atoms with E-state index in [0.717, 1.165) is 0 Å². The van der Waals surface area contributed by atoms with Crippen molar-refractivity contribution in [1.29, 1.82) is 0 Å². The summed E-state index contributed by atoms with van der Waals surface area (Å²) in [6.07, 6.45) is 1.37. The van der Waals surface area contributed by atoms with Crippen LogP contribution in [0.4, 0.5) is 0 Å². The van der Waals surface area contributed by atoms with Gasteiger partial charge in [0, 0.05) is 5.41 Å². The van der Waals surface area contributed by atoms with Crippen molar-refractivity contribution in [3.63, 3.8) is 0 Å². The summed E-state index contributed by atoms with van der Waals surface area (Å²) >= 11 is 3.46. The van der Waals surface area contributed by atoms with Crippen LogP contribution in [-0.2, 0) is 14.3 Å². The van der Waals surface area contributed by atoms with Gasteiger partial charge in [-0.25, -0.2) is 0 Å².